The molecular weight excluding hydrogens is 460 g/mol. The van der Waals surface area contributed by atoms with E-state index in [0.717, 1.165) is 5.56 Å². The van der Waals surface area contributed by atoms with Crippen LogP contribution in [0.4, 0.5) is 10.5 Å². The number of ether oxygens (including phenoxy) is 2. The van der Waals surface area contributed by atoms with Gasteiger partial charge in [0.1, 0.15) is 25.3 Å². The van der Waals surface area contributed by atoms with Crippen LogP contribution in [0, 0.1) is 10.1 Å². The molecule has 2 rings (SSSR count). The first-order valence-corrected chi connectivity index (χ1v) is 10.6. The lowest BCUT2D eigenvalue weighted by Crippen LogP contribution is -2.51. The van der Waals surface area contributed by atoms with Crippen LogP contribution >= 0.6 is 0 Å². The third kappa shape index (κ3) is 9.50. The number of nitro benzene ring substituents is 1. The van der Waals surface area contributed by atoms with Gasteiger partial charge in [-0.1, -0.05) is 30.3 Å². The van der Waals surface area contributed by atoms with E-state index in [9.17, 15) is 29.3 Å². The molecule has 0 spiro atoms. The summed E-state index contributed by atoms with van der Waals surface area (Å²) in [7, 11) is 0. The van der Waals surface area contributed by atoms with Gasteiger partial charge in [-0.15, -0.1) is 0 Å². The van der Waals surface area contributed by atoms with Crippen molar-refractivity contribution in [2.45, 2.75) is 45.1 Å². The molecule has 35 heavy (non-hydrogen) atoms. The summed E-state index contributed by atoms with van der Waals surface area (Å²) >= 11 is 0. The molecule has 4 N–H and O–H groups in total. The molecule has 0 radical (unpaired) electrons. The smallest absolute Gasteiger partial charge is 0.408 e. The van der Waals surface area contributed by atoms with E-state index in [1.807, 2.05) is 6.07 Å². The number of nitro groups is 1. The third-order valence-electron chi connectivity index (χ3n) is 4.75. The number of rotatable bonds is 12. The Balaban J connectivity index is 1.90. The van der Waals surface area contributed by atoms with Crippen LogP contribution < -0.4 is 16.4 Å². The van der Waals surface area contributed by atoms with E-state index in [-0.39, 0.29) is 31.7 Å². The number of carbonyl (C=O) groups excluding carboxylic acids is 4. The predicted molar refractivity (Wildman–Crippen MR) is 122 cm³/mol. The van der Waals surface area contributed by atoms with Crippen molar-refractivity contribution < 1.29 is 33.6 Å². The van der Waals surface area contributed by atoms with Crippen LogP contribution in [0.5, 0.6) is 0 Å². The molecule has 0 aliphatic carbocycles. The highest BCUT2D eigenvalue weighted by atomic mass is 16.6. The summed E-state index contributed by atoms with van der Waals surface area (Å²) in [5, 5.41) is 15.5. The maximum absolute atomic E-state index is 12.5. The molecule has 0 aliphatic rings. The summed E-state index contributed by atoms with van der Waals surface area (Å²) < 4.78 is 10.3. The molecule has 0 heterocycles. The molecular formula is C23H26N4O8. The zero-order valence-electron chi connectivity index (χ0n) is 19.0. The van der Waals surface area contributed by atoms with E-state index >= 15 is 0 Å². The van der Waals surface area contributed by atoms with Crippen LogP contribution in [0.2, 0.25) is 0 Å². The number of nitrogens with zero attached hydrogens (tertiary/aromatic N) is 1. The highest BCUT2D eigenvalue weighted by Crippen LogP contribution is 2.13. The van der Waals surface area contributed by atoms with Gasteiger partial charge in [-0.05, 0) is 36.6 Å². The van der Waals surface area contributed by atoms with Gasteiger partial charge in [0, 0.05) is 18.6 Å². The molecule has 186 valence electrons. The zero-order chi connectivity index (χ0) is 25.8. The van der Waals surface area contributed by atoms with Gasteiger partial charge >= 0.3 is 12.1 Å². The summed E-state index contributed by atoms with van der Waals surface area (Å²) in [6, 6.07) is 12.1. The molecule has 0 aliphatic heterocycles. The van der Waals surface area contributed by atoms with Crippen molar-refractivity contribution in [1.82, 2.24) is 10.6 Å². The Morgan fingerprint density at radius 2 is 1.54 bits per heavy atom. The number of nitrogens with two attached hydrogens (primary N) is 1. The van der Waals surface area contributed by atoms with E-state index in [1.165, 1.54) is 31.2 Å². The van der Waals surface area contributed by atoms with E-state index in [0.29, 0.717) is 5.56 Å². The second kappa shape index (κ2) is 13.3. The number of non-ortho nitro benzene ring substituents is 1. The Kier molecular flexibility index (Phi) is 10.2. The number of alkyl carbamates (subject to hydrolysis) is 1. The van der Waals surface area contributed by atoms with Gasteiger partial charge in [0.05, 0.1) is 4.92 Å². The van der Waals surface area contributed by atoms with Crippen molar-refractivity contribution in [2.24, 2.45) is 5.73 Å². The van der Waals surface area contributed by atoms with Gasteiger partial charge in [0.15, 0.2) is 0 Å². The summed E-state index contributed by atoms with van der Waals surface area (Å²) in [5.41, 5.74) is 6.29. The predicted octanol–water partition coefficient (Wildman–Crippen LogP) is 1.70. The number of hydrogen-bond donors (Lipinski definition) is 3. The number of hydrogen-bond acceptors (Lipinski definition) is 8. The first-order chi connectivity index (χ1) is 16.7. The lowest BCUT2D eigenvalue weighted by atomic mass is 10.1. The van der Waals surface area contributed by atoms with E-state index in [2.05, 4.69) is 10.6 Å². The van der Waals surface area contributed by atoms with Crippen molar-refractivity contribution in [1.29, 1.82) is 0 Å². The number of amides is 3. The normalized spacial score (nSPS) is 12.0. The Hall–Kier alpha value is -4.48. The lowest BCUT2D eigenvalue weighted by molar-refractivity contribution is -0.384. The number of benzene rings is 2. The SMILES string of the molecule is C[C@H](NC(=O)OCc1ccccc1)C(=O)N[C@@H](CCC(N)=O)C(=O)OCc1ccc([N+](=O)[O-])cc1. The van der Waals surface area contributed by atoms with Gasteiger partial charge < -0.3 is 25.8 Å². The van der Waals surface area contributed by atoms with Crippen molar-refractivity contribution in [3.8, 4) is 0 Å². The Morgan fingerprint density at radius 1 is 0.943 bits per heavy atom. The second-order valence-electron chi connectivity index (χ2n) is 7.53. The molecule has 0 bridgehead atoms. The van der Waals surface area contributed by atoms with Crippen molar-refractivity contribution in [3.63, 3.8) is 0 Å². The van der Waals surface area contributed by atoms with E-state index < -0.39 is 40.9 Å². The minimum atomic E-state index is -1.21. The molecule has 3 amide bonds. The van der Waals surface area contributed by atoms with Gasteiger partial charge in [-0.3, -0.25) is 19.7 Å². The first-order valence-electron chi connectivity index (χ1n) is 10.6. The van der Waals surface area contributed by atoms with Crippen LogP contribution in [-0.2, 0) is 37.1 Å². The van der Waals surface area contributed by atoms with Gasteiger partial charge in [0.25, 0.3) is 5.69 Å². The molecule has 0 fully saturated rings. The van der Waals surface area contributed by atoms with Crippen molar-refractivity contribution in [2.75, 3.05) is 0 Å². The Labute approximate surface area is 200 Å². The van der Waals surface area contributed by atoms with Gasteiger partial charge in [0.2, 0.25) is 11.8 Å². The van der Waals surface area contributed by atoms with Gasteiger partial charge in [-0.2, -0.15) is 0 Å². The summed E-state index contributed by atoms with van der Waals surface area (Å²) in [4.78, 5) is 58.4. The molecule has 0 saturated heterocycles. The maximum Gasteiger partial charge on any atom is 0.408 e. The van der Waals surface area contributed by atoms with Crippen LogP contribution in [0.3, 0.4) is 0 Å². The number of primary amides is 1. The molecule has 12 heteroatoms. The molecule has 2 atom stereocenters. The Morgan fingerprint density at radius 3 is 2.14 bits per heavy atom. The van der Waals surface area contributed by atoms with Crippen molar-refractivity contribution in [3.05, 3.63) is 75.8 Å². The minimum absolute atomic E-state index is 0.0111. The monoisotopic (exact) mass is 486 g/mol. The third-order valence-corrected chi connectivity index (χ3v) is 4.75. The highest BCUT2D eigenvalue weighted by molar-refractivity contribution is 5.89. The average molecular weight is 486 g/mol. The minimum Gasteiger partial charge on any atom is -0.459 e. The molecule has 0 aromatic heterocycles. The van der Waals surface area contributed by atoms with E-state index in [4.69, 9.17) is 15.2 Å². The molecule has 0 unspecified atom stereocenters. The topological polar surface area (TPSA) is 180 Å². The molecule has 12 nitrogen and oxygen atoms in total. The van der Waals surface area contributed by atoms with E-state index in [1.54, 1.807) is 24.3 Å². The molecule has 2 aromatic carbocycles. The Bertz CT molecular complexity index is 1040. The number of nitrogens with one attached hydrogen (secondary N) is 2. The number of carbonyl (C=O) groups is 4. The fourth-order valence-electron chi connectivity index (χ4n) is 2.81. The standard InChI is InChI=1S/C23H26N4O8/c1-15(25-23(31)35-14-16-5-3-2-4-6-16)21(29)26-19(11-12-20(24)28)22(30)34-13-17-7-9-18(10-8-17)27(32)33/h2-10,15,19H,11-14H2,1H3,(H2,24,28)(H,25,31)(H,26,29)/t15-,19-/m0/s1. The highest BCUT2D eigenvalue weighted by Gasteiger charge is 2.26. The largest absolute Gasteiger partial charge is 0.459 e. The van der Waals surface area contributed by atoms with Crippen molar-refractivity contribution >= 4 is 29.6 Å². The van der Waals surface area contributed by atoms with Crippen LogP contribution in [0.25, 0.3) is 0 Å². The average Bonchev–Trinajstić information content (AvgIpc) is 2.84. The van der Waals surface area contributed by atoms with Crippen LogP contribution in [0.15, 0.2) is 54.6 Å². The van der Waals surface area contributed by atoms with Gasteiger partial charge in [-0.25, -0.2) is 9.59 Å². The lowest BCUT2D eigenvalue weighted by Gasteiger charge is -2.20. The maximum atomic E-state index is 12.5. The molecule has 2 aromatic rings. The summed E-state index contributed by atoms with van der Waals surface area (Å²) in [6.45, 7) is 1.20. The fraction of sp³-hybridized carbons (Fsp3) is 0.304. The van der Waals surface area contributed by atoms with Crippen LogP contribution in [-0.4, -0.2) is 40.9 Å². The second-order valence-corrected chi connectivity index (χ2v) is 7.53. The summed E-state index contributed by atoms with van der Waals surface area (Å²) in [5.74, 6) is -2.22. The van der Waals surface area contributed by atoms with Crippen LogP contribution in [0.1, 0.15) is 30.9 Å². The zero-order valence-corrected chi connectivity index (χ0v) is 19.0. The quantitative estimate of drug-likeness (QED) is 0.230. The number of esters is 1. The first kappa shape index (κ1) is 26.8. The summed E-state index contributed by atoms with van der Waals surface area (Å²) in [6.07, 6.45) is -1.14. The fourth-order valence-corrected chi connectivity index (χ4v) is 2.81. The molecule has 0 saturated carbocycles.